The van der Waals surface area contributed by atoms with Gasteiger partial charge in [0.2, 0.25) is 0 Å². The molecule has 0 spiro atoms. The monoisotopic (exact) mass is 1050 g/mol. The summed E-state index contributed by atoms with van der Waals surface area (Å²) >= 11 is 0. The molecular weight excluding hydrogens is 948 g/mol. The molecule has 0 radical (unpaired) electrons. The normalized spacial score (nSPS) is 20.9. The highest BCUT2D eigenvalue weighted by molar-refractivity contribution is 7.47. The zero-order valence-corrected chi connectivity index (χ0v) is 46.3. The first-order chi connectivity index (χ1) is 35.4. The third-order valence-electron chi connectivity index (χ3n) is 13.0. The summed E-state index contributed by atoms with van der Waals surface area (Å²) in [6.07, 6.45) is 49.7. The minimum atomic E-state index is -5.15. The summed E-state index contributed by atoms with van der Waals surface area (Å²) in [5.74, 6) is -1.21. The van der Waals surface area contributed by atoms with Gasteiger partial charge in [0.1, 0.15) is 43.2 Å². The van der Waals surface area contributed by atoms with Crippen LogP contribution in [-0.2, 0) is 32.7 Å². The number of aliphatic hydroxyl groups is 5. The van der Waals surface area contributed by atoms with Gasteiger partial charge in [-0.05, 0) is 83.5 Å². The van der Waals surface area contributed by atoms with Crippen molar-refractivity contribution in [2.24, 2.45) is 0 Å². The summed E-state index contributed by atoms with van der Waals surface area (Å²) in [5, 5.41) is 50.4. The Morgan fingerprint density at radius 3 is 1.18 bits per heavy atom. The highest BCUT2D eigenvalue weighted by Gasteiger charge is 2.51. The first-order valence-electron chi connectivity index (χ1n) is 28.7. The smallest absolute Gasteiger partial charge is 0.462 e. The second-order valence-corrected chi connectivity index (χ2v) is 21.2. The first-order valence-corrected chi connectivity index (χ1v) is 30.2. The number of ether oxygens (including phenoxy) is 2. The van der Waals surface area contributed by atoms with Crippen LogP contribution in [0.5, 0.6) is 0 Å². The Kier molecular flexibility index (Phi) is 44.6. The molecule has 14 heteroatoms. The predicted molar refractivity (Wildman–Crippen MR) is 295 cm³/mol. The lowest BCUT2D eigenvalue weighted by molar-refractivity contribution is -0.220. The molecule has 0 heterocycles. The Morgan fingerprint density at radius 1 is 0.425 bits per heavy atom. The molecule has 0 bridgehead atoms. The number of carbonyl (C=O) groups is 2. The summed E-state index contributed by atoms with van der Waals surface area (Å²) in [5.41, 5.74) is 0. The van der Waals surface area contributed by atoms with Crippen molar-refractivity contribution in [3.05, 3.63) is 72.9 Å². The Labute approximate surface area is 442 Å². The Bertz CT molecular complexity index is 1540. The number of hydrogen-bond donors (Lipinski definition) is 6. The molecule has 6 N–H and O–H groups in total. The van der Waals surface area contributed by atoms with Crippen LogP contribution >= 0.6 is 7.82 Å². The summed E-state index contributed by atoms with van der Waals surface area (Å²) in [4.78, 5) is 35.9. The van der Waals surface area contributed by atoms with Crippen LogP contribution in [-0.4, -0.2) is 98.3 Å². The number of esters is 2. The van der Waals surface area contributed by atoms with Gasteiger partial charge in [-0.3, -0.25) is 18.6 Å². The van der Waals surface area contributed by atoms with Crippen molar-refractivity contribution in [3.8, 4) is 0 Å². The maximum atomic E-state index is 12.9. The van der Waals surface area contributed by atoms with Gasteiger partial charge in [0, 0.05) is 12.8 Å². The van der Waals surface area contributed by atoms with E-state index in [1.165, 1.54) is 135 Å². The second-order valence-electron chi connectivity index (χ2n) is 19.8. The van der Waals surface area contributed by atoms with Crippen molar-refractivity contribution >= 4 is 19.8 Å². The lowest BCUT2D eigenvalue weighted by Gasteiger charge is -2.41. The van der Waals surface area contributed by atoms with E-state index < -0.39 is 75.7 Å². The van der Waals surface area contributed by atoms with Crippen LogP contribution in [0, 0.1) is 0 Å². The molecule has 1 aliphatic rings. The van der Waals surface area contributed by atoms with Crippen LogP contribution in [0.25, 0.3) is 0 Å². The van der Waals surface area contributed by atoms with Gasteiger partial charge < -0.3 is 39.9 Å². The van der Waals surface area contributed by atoms with Gasteiger partial charge in [-0.25, -0.2) is 4.57 Å². The third-order valence-corrected chi connectivity index (χ3v) is 14.0. The summed E-state index contributed by atoms with van der Waals surface area (Å²) < 4.78 is 33.6. The maximum Gasteiger partial charge on any atom is 0.472 e. The topological polar surface area (TPSA) is 210 Å². The van der Waals surface area contributed by atoms with E-state index in [4.69, 9.17) is 18.5 Å². The molecule has 0 aliphatic heterocycles. The molecular formula is C59H103O13P. The first kappa shape index (κ1) is 68.3. The molecule has 8 atom stereocenters. The molecule has 1 aliphatic carbocycles. The van der Waals surface area contributed by atoms with Gasteiger partial charge in [0.15, 0.2) is 6.10 Å². The van der Waals surface area contributed by atoms with Crippen molar-refractivity contribution in [2.45, 2.75) is 275 Å². The highest BCUT2D eigenvalue weighted by atomic mass is 31.2. The Hall–Kier alpha value is -2.71. The van der Waals surface area contributed by atoms with Gasteiger partial charge in [-0.2, -0.15) is 0 Å². The van der Waals surface area contributed by atoms with E-state index >= 15 is 0 Å². The van der Waals surface area contributed by atoms with Crippen LogP contribution in [0.1, 0.15) is 232 Å². The van der Waals surface area contributed by atoms with E-state index in [1.807, 2.05) is 18.2 Å². The fourth-order valence-corrected chi connectivity index (χ4v) is 9.39. The van der Waals surface area contributed by atoms with Gasteiger partial charge in [-0.1, -0.05) is 209 Å². The molecule has 0 aromatic rings. The van der Waals surface area contributed by atoms with Crippen molar-refractivity contribution < 1.29 is 63.1 Å². The number of phosphoric acid groups is 1. The average Bonchev–Trinajstić information content (AvgIpc) is 3.37. The van der Waals surface area contributed by atoms with Crippen LogP contribution in [0.4, 0.5) is 0 Å². The van der Waals surface area contributed by atoms with Crippen molar-refractivity contribution in [1.29, 1.82) is 0 Å². The van der Waals surface area contributed by atoms with Gasteiger partial charge in [0.05, 0.1) is 6.61 Å². The van der Waals surface area contributed by atoms with Crippen molar-refractivity contribution in [3.63, 3.8) is 0 Å². The van der Waals surface area contributed by atoms with Crippen LogP contribution < -0.4 is 0 Å². The van der Waals surface area contributed by atoms with Crippen molar-refractivity contribution in [2.75, 3.05) is 13.2 Å². The minimum absolute atomic E-state index is 0.0103. The molecule has 422 valence electrons. The molecule has 1 rings (SSSR count). The summed E-state index contributed by atoms with van der Waals surface area (Å²) in [7, 11) is -5.15. The number of allylic oxidation sites excluding steroid dienone is 12. The van der Waals surface area contributed by atoms with E-state index in [-0.39, 0.29) is 12.8 Å². The Balaban J connectivity index is 2.41. The molecule has 13 nitrogen and oxygen atoms in total. The summed E-state index contributed by atoms with van der Waals surface area (Å²) in [6.45, 7) is 3.26. The highest BCUT2D eigenvalue weighted by Crippen LogP contribution is 2.47. The predicted octanol–water partition coefficient (Wildman–Crippen LogP) is 13.4. The van der Waals surface area contributed by atoms with Crippen LogP contribution in [0.15, 0.2) is 72.9 Å². The molecule has 0 saturated heterocycles. The minimum Gasteiger partial charge on any atom is -0.462 e. The largest absolute Gasteiger partial charge is 0.472 e. The van der Waals surface area contributed by atoms with Gasteiger partial charge >= 0.3 is 19.8 Å². The number of unbranched alkanes of at least 4 members (excludes halogenated alkanes) is 24. The molecule has 0 amide bonds. The number of rotatable bonds is 48. The zero-order valence-electron chi connectivity index (χ0n) is 45.4. The molecule has 0 aromatic heterocycles. The van der Waals surface area contributed by atoms with Gasteiger partial charge in [-0.15, -0.1) is 0 Å². The number of aliphatic hydroxyl groups excluding tert-OH is 5. The van der Waals surface area contributed by atoms with E-state index in [9.17, 15) is 44.6 Å². The molecule has 0 aromatic carbocycles. The fraction of sp³-hybridized carbons (Fsp3) is 0.763. The fourth-order valence-electron chi connectivity index (χ4n) is 8.42. The average molecular weight is 1050 g/mol. The van der Waals surface area contributed by atoms with E-state index in [1.54, 1.807) is 0 Å². The SMILES string of the molecule is CCCCCCCCC/C=C/C/C=C/C/C=C/C/C=C/CCCC(=O)O[C@@H](COC(=O)CCC/C=C/CC/C=C/CCCCCCCCCCCCCCCC)COP(=O)(O)OC1C(O)C(O)C(O)[C@H](O)C1O. The third kappa shape index (κ3) is 39.4. The maximum absolute atomic E-state index is 12.9. The lowest BCUT2D eigenvalue weighted by Crippen LogP contribution is -2.64. The molecule has 1 fully saturated rings. The van der Waals surface area contributed by atoms with E-state index in [2.05, 4.69) is 68.5 Å². The van der Waals surface area contributed by atoms with Crippen molar-refractivity contribution in [1.82, 2.24) is 0 Å². The molecule has 1 saturated carbocycles. The van der Waals surface area contributed by atoms with E-state index in [0.29, 0.717) is 25.7 Å². The van der Waals surface area contributed by atoms with Crippen LogP contribution in [0.2, 0.25) is 0 Å². The quantitative estimate of drug-likeness (QED) is 0.0145. The molecule has 6 unspecified atom stereocenters. The standard InChI is InChI=1S/C59H103O13P/c1-3-5-7-9-11-13-15-17-19-21-23-25-26-28-29-31-33-35-37-39-41-43-45-47-52(60)69-49-51(50-70-73(67,68)72-59-57(65)55(63)54(62)56(64)58(59)66)71-53(61)48-46-44-42-40-38-36-34-32-30-27-24-22-20-18-16-14-12-10-8-6-4-2/h20,22,27,30-31,33-34,36,39-42,51,54-59,62-66H,3-19,21,23-26,28-29,32,35,37-38,43-50H2,1-2H3,(H,67,68)/b22-20+,30-27+,33-31+,36-34+,41-39+,42-40+/t51-,54?,55-,56?,57?,58?,59?/m0/s1. The van der Waals surface area contributed by atoms with Gasteiger partial charge in [0.25, 0.3) is 0 Å². The lowest BCUT2D eigenvalue weighted by atomic mass is 9.85. The summed E-state index contributed by atoms with van der Waals surface area (Å²) in [6, 6.07) is 0. The number of hydrogen-bond acceptors (Lipinski definition) is 12. The van der Waals surface area contributed by atoms with E-state index in [0.717, 1.165) is 44.9 Å². The number of carbonyl (C=O) groups excluding carboxylic acids is 2. The van der Waals surface area contributed by atoms with Crippen LogP contribution in [0.3, 0.4) is 0 Å². The number of phosphoric ester groups is 1. The Morgan fingerprint density at radius 2 is 0.753 bits per heavy atom. The zero-order chi connectivity index (χ0) is 53.5. The second kappa shape index (κ2) is 47.7. The molecule has 73 heavy (non-hydrogen) atoms.